The molecule has 0 aliphatic rings. The molecule has 0 bridgehead atoms. The van der Waals surface area contributed by atoms with E-state index in [1.54, 1.807) is 24.3 Å². The lowest BCUT2D eigenvalue weighted by Crippen LogP contribution is -2.22. The lowest BCUT2D eigenvalue weighted by atomic mass is 10.3. The van der Waals surface area contributed by atoms with Crippen molar-refractivity contribution in [2.75, 3.05) is 32.0 Å². The van der Waals surface area contributed by atoms with Crippen LogP contribution < -0.4 is 15.4 Å². The third kappa shape index (κ3) is 4.64. The normalized spacial score (nSPS) is 11.4. The van der Waals surface area contributed by atoms with E-state index in [9.17, 15) is 8.42 Å². The molecular formula is C12H21N3O2S. The molecule has 0 radical (unpaired) electrons. The molecule has 0 amide bonds. The molecule has 6 heteroatoms. The van der Waals surface area contributed by atoms with Crippen LogP contribution >= 0.6 is 0 Å². The standard InChI is InChI=1S/C12H21N3O2S/c1-3-8-14-9-10-15-11-4-6-12(7-5-11)18(16,17)13-2/h4-7,13-15H,3,8-10H2,1-2H3. The Morgan fingerprint density at radius 1 is 1.06 bits per heavy atom. The van der Waals surface area contributed by atoms with Crippen LogP contribution in [0.1, 0.15) is 13.3 Å². The van der Waals surface area contributed by atoms with Gasteiger partial charge in [0.15, 0.2) is 0 Å². The van der Waals surface area contributed by atoms with E-state index in [-0.39, 0.29) is 4.90 Å². The molecular weight excluding hydrogens is 250 g/mol. The van der Waals surface area contributed by atoms with Crippen LogP contribution in [0.3, 0.4) is 0 Å². The number of nitrogens with one attached hydrogen (secondary N) is 3. The van der Waals surface area contributed by atoms with E-state index in [1.807, 2.05) is 0 Å². The molecule has 0 spiro atoms. The molecule has 0 aromatic heterocycles. The average molecular weight is 271 g/mol. The zero-order chi connectivity index (χ0) is 13.4. The molecule has 1 aromatic rings. The highest BCUT2D eigenvalue weighted by atomic mass is 32.2. The first kappa shape index (κ1) is 14.9. The summed E-state index contributed by atoms with van der Waals surface area (Å²) >= 11 is 0. The summed E-state index contributed by atoms with van der Waals surface area (Å²) in [6.07, 6.45) is 1.12. The van der Waals surface area contributed by atoms with Gasteiger partial charge in [-0.25, -0.2) is 13.1 Å². The van der Waals surface area contributed by atoms with E-state index in [0.29, 0.717) is 0 Å². The monoisotopic (exact) mass is 271 g/mol. The third-order valence-electron chi connectivity index (χ3n) is 2.49. The number of hydrogen-bond donors (Lipinski definition) is 3. The van der Waals surface area contributed by atoms with Gasteiger partial charge in [-0.1, -0.05) is 6.92 Å². The number of benzene rings is 1. The van der Waals surface area contributed by atoms with Gasteiger partial charge in [-0.3, -0.25) is 0 Å². The molecule has 0 aliphatic carbocycles. The average Bonchev–Trinajstić information content (AvgIpc) is 2.39. The van der Waals surface area contributed by atoms with Crippen molar-refractivity contribution in [1.29, 1.82) is 0 Å². The Morgan fingerprint density at radius 3 is 2.28 bits per heavy atom. The van der Waals surface area contributed by atoms with E-state index in [1.165, 1.54) is 7.05 Å². The second-order valence-corrected chi connectivity index (χ2v) is 5.80. The number of hydrogen-bond acceptors (Lipinski definition) is 4. The number of rotatable bonds is 8. The second kappa shape index (κ2) is 7.35. The highest BCUT2D eigenvalue weighted by molar-refractivity contribution is 7.89. The van der Waals surface area contributed by atoms with Crippen molar-refractivity contribution in [2.24, 2.45) is 0 Å². The second-order valence-electron chi connectivity index (χ2n) is 3.91. The maximum Gasteiger partial charge on any atom is 0.240 e. The van der Waals surface area contributed by atoms with Gasteiger partial charge in [-0.2, -0.15) is 0 Å². The van der Waals surface area contributed by atoms with Gasteiger partial charge in [0.05, 0.1) is 4.90 Å². The first-order valence-corrected chi connectivity index (χ1v) is 7.56. The first-order chi connectivity index (χ1) is 8.60. The van der Waals surface area contributed by atoms with E-state index in [2.05, 4.69) is 22.3 Å². The van der Waals surface area contributed by atoms with Gasteiger partial charge in [0.2, 0.25) is 10.0 Å². The Hall–Kier alpha value is -1.11. The van der Waals surface area contributed by atoms with Crippen molar-refractivity contribution >= 4 is 15.7 Å². The van der Waals surface area contributed by atoms with Crippen LogP contribution in [0, 0.1) is 0 Å². The minimum atomic E-state index is -3.34. The molecule has 102 valence electrons. The van der Waals surface area contributed by atoms with Gasteiger partial charge in [0.25, 0.3) is 0 Å². The zero-order valence-corrected chi connectivity index (χ0v) is 11.7. The predicted octanol–water partition coefficient (Wildman–Crippen LogP) is 1.01. The van der Waals surface area contributed by atoms with Crippen molar-refractivity contribution in [3.63, 3.8) is 0 Å². The van der Waals surface area contributed by atoms with Gasteiger partial charge >= 0.3 is 0 Å². The molecule has 1 aromatic carbocycles. The quantitative estimate of drug-likeness (QED) is 0.617. The van der Waals surface area contributed by atoms with Crippen LogP contribution in [0.5, 0.6) is 0 Å². The fourth-order valence-electron chi connectivity index (χ4n) is 1.47. The van der Waals surface area contributed by atoms with Crippen molar-refractivity contribution < 1.29 is 8.42 Å². The molecule has 0 heterocycles. The van der Waals surface area contributed by atoms with Crippen LogP contribution in [0.25, 0.3) is 0 Å². The Bertz CT molecular complexity index is 443. The van der Waals surface area contributed by atoms with Crippen LogP contribution in [0.2, 0.25) is 0 Å². The Kier molecular flexibility index (Phi) is 6.11. The summed E-state index contributed by atoms with van der Waals surface area (Å²) in [5.41, 5.74) is 0.920. The lowest BCUT2D eigenvalue weighted by Gasteiger charge is -2.08. The summed E-state index contributed by atoms with van der Waals surface area (Å²) in [4.78, 5) is 0.277. The summed E-state index contributed by atoms with van der Waals surface area (Å²) in [6, 6.07) is 6.72. The van der Waals surface area contributed by atoms with Gasteiger partial charge in [-0.15, -0.1) is 0 Å². The van der Waals surface area contributed by atoms with Crippen LogP contribution in [0.4, 0.5) is 5.69 Å². The SMILES string of the molecule is CCCNCCNc1ccc(S(=O)(=O)NC)cc1. The van der Waals surface area contributed by atoms with Crippen molar-refractivity contribution in [3.8, 4) is 0 Å². The van der Waals surface area contributed by atoms with Gasteiger partial charge in [0, 0.05) is 18.8 Å². The van der Waals surface area contributed by atoms with Crippen LogP contribution in [-0.2, 0) is 10.0 Å². The molecule has 0 fully saturated rings. The maximum absolute atomic E-state index is 11.5. The molecule has 3 N–H and O–H groups in total. The molecule has 0 saturated heterocycles. The summed E-state index contributed by atoms with van der Waals surface area (Å²) in [5.74, 6) is 0. The molecule has 18 heavy (non-hydrogen) atoms. The van der Waals surface area contributed by atoms with E-state index in [0.717, 1.165) is 31.7 Å². The maximum atomic E-state index is 11.5. The molecule has 0 saturated carbocycles. The molecule has 1 rings (SSSR count). The fourth-order valence-corrected chi connectivity index (χ4v) is 2.20. The van der Waals surface area contributed by atoms with Gasteiger partial charge in [0.1, 0.15) is 0 Å². The Labute approximate surface area is 109 Å². The summed E-state index contributed by atoms with van der Waals surface area (Å²) in [6.45, 7) is 4.85. The highest BCUT2D eigenvalue weighted by Crippen LogP contribution is 2.13. The summed E-state index contributed by atoms with van der Waals surface area (Å²) < 4.78 is 25.3. The predicted molar refractivity (Wildman–Crippen MR) is 74.3 cm³/mol. The topological polar surface area (TPSA) is 70.2 Å². The van der Waals surface area contributed by atoms with Crippen molar-refractivity contribution in [3.05, 3.63) is 24.3 Å². The number of anilines is 1. The minimum absolute atomic E-state index is 0.277. The zero-order valence-electron chi connectivity index (χ0n) is 10.9. The smallest absolute Gasteiger partial charge is 0.240 e. The van der Waals surface area contributed by atoms with E-state index < -0.39 is 10.0 Å². The van der Waals surface area contributed by atoms with Crippen molar-refractivity contribution in [2.45, 2.75) is 18.2 Å². The van der Waals surface area contributed by atoms with Gasteiger partial charge in [-0.05, 0) is 44.3 Å². The molecule has 5 nitrogen and oxygen atoms in total. The first-order valence-electron chi connectivity index (χ1n) is 6.08. The van der Waals surface area contributed by atoms with E-state index in [4.69, 9.17) is 0 Å². The lowest BCUT2D eigenvalue weighted by molar-refractivity contribution is 0.588. The summed E-state index contributed by atoms with van der Waals surface area (Å²) in [5, 5.41) is 6.50. The number of sulfonamides is 1. The van der Waals surface area contributed by atoms with Crippen molar-refractivity contribution in [1.82, 2.24) is 10.0 Å². The largest absolute Gasteiger partial charge is 0.384 e. The van der Waals surface area contributed by atoms with E-state index >= 15 is 0 Å². The minimum Gasteiger partial charge on any atom is -0.384 e. The highest BCUT2D eigenvalue weighted by Gasteiger charge is 2.09. The van der Waals surface area contributed by atoms with Crippen LogP contribution in [0.15, 0.2) is 29.2 Å². The van der Waals surface area contributed by atoms with Gasteiger partial charge < -0.3 is 10.6 Å². The fraction of sp³-hybridized carbons (Fsp3) is 0.500. The summed E-state index contributed by atoms with van der Waals surface area (Å²) in [7, 11) is -1.93. The molecule has 0 unspecified atom stereocenters. The molecule has 0 aliphatic heterocycles. The Morgan fingerprint density at radius 2 is 1.72 bits per heavy atom. The van der Waals surface area contributed by atoms with Crippen LogP contribution in [-0.4, -0.2) is 35.1 Å². The molecule has 0 atom stereocenters. The Balaban J connectivity index is 2.46. The third-order valence-corrected chi connectivity index (χ3v) is 3.92.